The minimum Gasteiger partial charge on any atom is -0.303 e. The molecule has 2 aliphatic rings. The Morgan fingerprint density at radius 2 is 2.27 bits per heavy atom. The Morgan fingerprint density at radius 3 is 2.55 bits per heavy atom. The minimum atomic E-state index is 0.367. The van der Waals surface area contributed by atoms with Gasteiger partial charge in [0.2, 0.25) is 0 Å². The molecule has 2 fully saturated rings. The first-order valence-corrected chi connectivity index (χ1v) is 4.64. The van der Waals surface area contributed by atoms with Gasteiger partial charge in [0.25, 0.3) is 0 Å². The van der Waals surface area contributed by atoms with E-state index in [1.807, 2.05) is 0 Å². The van der Waals surface area contributed by atoms with Gasteiger partial charge in [-0.2, -0.15) is 0 Å². The van der Waals surface area contributed by atoms with Crippen molar-refractivity contribution >= 4 is 6.29 Å². The van der Waals surface area contributed by atoms with Crippen LogP contribution < -0.4 is 0 Å². The maximum Gasteiger partial charge on any atom is 0.123 e. The van der Waals surface area contributed by atoms with Gasteiger partial charge in [0.15, 0.2) is 0 Å². The van der Waals surface area contributed by atoms with Gasteiger partial charge in [0.05, 0.1) is 0 Å². The number of fused-ring (bicyclic) bond motifs is 2. The second-order valence-corrected chi connectivity index (χ2v) is 4.57. The van der Waals surface area contributed by atoms with Crippen molar-refractivity contribution in [2.24, 2.45) is 23.2 Å². The second kappa shape index (κ2) is 2.09. The minimum absolute atomic E-state index is 0.367. The Labute approximate surface area is 68.2 Å². The molecular weight excluding hydrogens is 136 g/mol. The van der Waals surface area contributed by atoms with E-state index in [9.17, 15) is 4.79 Å². The van der Waals surface area contributed by atoms with Gasteiger partial charge in [-0.25, -0.2) is 0 Å². The fourth-order valence-electron chi connectivity index (χ4n) is 3.16. The number of carbonyl (C=O) groups excluding carboxylic acids is 1. The number of carbonyl (C=O) groups is 1. The van der Waals surface area contributed by atoms with Crippen molar-refractivity contribution in [1.82, 2.24) is 0 Å². The summed E-state index contributed by atoms with van der Waals surface area (Å²) in [5.74, 6) is 2.02. The van der Waals surface area contributed by atoms with E-state index >= 15 is 0 Å². The molecule has 0 saturated heterocycles. The first-order valence-electron chi connectivity index (χ1n) is 4.64. The van der Waals surface area contributed by atoms with Crippen LogP contribution in [0.1, 0.15) is 33.1 Å². The van der Waals surface area contributed by atoms with Gasteiger partial charge >= 0.3 is 0 Å². The van der Waals surface area contributed by atoms with E-state index in [-0.39, 0.29) is 0 Å². The Morgan fingerprint density at radius 1 is 1.55 bits per heavy atom. The van der Waals surface area contributed by atoms with Crippen molar-refractivity contribution in [3.63, 3.8) is 0 Å². The van der Waals surface area contributed by atoms with Crippen LogP contribution in [0.3, 0.4) is 0 Å². The average molecular weight is 152 g/mol. The van der Waals surface area contributed by atoms with E-state index in [0.29, 0.717) is 11.3 Å². The molecule has 0 N–H and O–H groups in total. The van der Waals surface area contributed by atoms with Crippen LogP contribution in [0.15, 0.2) is 0 Å². The zero-order chi connectivity index (χ0) is 8.06. The Kier molecular flexibility index (Phi) is 1.39. The molecule has 0 radical (unpaired) electrons. The van der Waals surface area contributed by atoms with E-state index in [1.54, 1.807) is 0 Å². The molecular formula is C10H16O. The van der Waals surface area contributed by atoms with Crippen LogP contribution in [0.2, 0.25) is 0 Å². The Balaban J connectivity index is 2.29. The first kappa shape index (κ1) is 7.33. The van der Waals surface area contributed by atoms with Crippen LogP contribution in [-0.2, 0) is 4.79 Å². The molecule has 0 aromatic rings. The quantitative estimate of drug-likeness (QED) is 0.527. The third kappa shape index (κ3) is 0.743. The zero-order valence-corrected chi connectivity index (χ0v) is 7.34. The van der Waals surface area contributed by atoms with E-state index in [1.165, 1.54) is 25.5 Å². The Hall–Kier alpha value is -0.330. The SMILES string of the molecule is C[C@@H]1[C@@H]2CC[C@]1(C)[C@H](C=O)C2. The van der Waals surface area contributed by atoms with Crippen molar-refractivity contribution in [2.75, 3.05) is 0 Å². The summed E-state index contributed by atoms with van der Waals surface area (Å²) in [6, 6.07) is 0. The van der Waals surface area contributed by atoms with Crippen LogP contribution in [0, 0.1) is 23.2 Å². The van der Waals surface area contributed by atoms with Gasteiger partial charge < -0.3 is 4.79 Å². The summed E-state index contributed by atoms with van der Waals surface area (Å²) in [6.07, 6.45) is 5.00. The molecule has 11 heavy (non-hydrogen) atoms. The van der Waals surface area contributed by atoms with Gasteiger partial charge in [0.1, 0.15) is 6.29 Å². The second-order valence-electron chi connectivity index (χ2n) is 4.57. The molecule has 0 aliphatic heterocycles. The summed E-state index contributed by atoms with van der Waals surface area (Å²) in [4.78, 5) is 10.7. The lowest BCUT2D eigenvalue weighted by molar-refractivity contribution is -0.114. The molecule has 0 aromatic carbocycles. The largest absolute Gasteiger partial charge is 0.303 e. The van der Waals surface area contributed by atoms with Crippen LogP contribution in [-0.4, -0.2) is 6.29 Å². The summed E-state index contributed by atoms with van der Waals surface area (Å²) >= 11 is 0. The number of rotatable bonds is 1. The van der Waals surface area contributed by atoms with Crippen molar-refractivity contribution in [3.05, 3.63) is 0 Å². The van der Waals surface area contributed by atoms with E-state index in [2.05, 4.69) is 13.8 Å². The molecule has 0 aromatic heterocycles. The van der Waals surface area contributed by atoms with Crippen molar-refractivity contribution in [3.8, 4) is 0 Å². The molecule has 0 heterocycles. The summed E-state index contributed by atoms with van der Waals surface area (Å²) < 4.78 is 0. The highest BCUT2D eigenvalue weighted by Gasteiger charge is 2.53. The maximum atomic E-state index is 10.7. The summed E-state index contributed by atoms with van der Waals surface area (Å²) in [5.41, 5.74) is 0.367. The van der Waals surface area contributed by atoms with E-state index in [4.69, 9.17) is 0 Å². The summed E-state index contributed by atoms with van der Waals surface area (Å²) in [5, 5.41) is 0. The van der Waals surface area contributed by atoms with Gasteiger partial charge in [-0.15, -0.1) is 0 Å². The molecule has 0 unspecified atom stereocenters. The normalized spacial score (nSPS) is 54.9. The summed E-state index contributed by atoms with van der Waals surface area (Å²) in [7, 11) is 0. The fraction of sp³-hybridized carbons (Fsp3) is 0.900. The number of aldehydes is 1. The molecule has 1 heteroatoms. The molecule has 62 valence electrons. The third-order valence-corrected chi connectivity index (χ3v) is 4.37. The fourth-order valence-corrected chi connectivity index (χ4v) is 3.16. The lowest BCUT2D eigenvalue weighted by atomic mass is 9.75. The zero-order valence-electron chi connectivity index (χ0n) is 7.34. The topological polar surface area (TPSA) is 17.1 Å². The molecule has 4 atom stereocenters. The Bertz CT molecular complexity index is 187. The molecule has 2 bridgehead atoms. The van der Waals surface area contributed by atoms with Crippen molar-refractivity contribution in [2.45, 2.75) is 33.1 Å². The van der Waals surface area contributed by atoms with Crippen molar-refractivity contribution < 1.29 is 4.79 Å². The molecule has 1 nitrogen and oxygen atoms in total. The van der Waals surface area contributed by atoms with E-state index < -0.39 is 0 Å². The number of hydrogen-bond acceptors (Lipinski definition) is 1. The van der Waals surface area contributed by atoms with Gasteiger partial charge in [-0.3, -0.25) is 0 Å². The standard InChI is InChI=1S/C10H16O/c1-7-8-3-4-10(7,2)9(5-8)6-11/h6-9H,3-5H2,1-2H3/t7-,8-,9+,10+/m1/s1. The summed E-state index contributed by atoms with van der Waals surface area (Å²) in [6.45, 7) is 4.62. The van der Waals surface area contributed by atoms with Crippen LogP contribution in [0.4, 0.5) is 0 Å². The van der Waals surface area contributed by atoms with Crippen LogP contribution >= 0.6 is 0 Å². The van der Waals surface area contributed by atoms with Crippen molar-refractivity contribution in [1.29, 1.82) is 0 Å². The lowest BCUT2D eigenvalue weighted by Gasteiger charge is -2.29. The smallest absolute Gasteiger partial charge is 0.123 e. The average Bonchev–Trinajstić information content (AvgIpc) is 2.40. The highest BCUT2D eigenvalue weighted by atomic mass is 16.1. The highest BCUT2D eigenvalue weighted by molar-refractivity contribution is 5.56. The molecule has 0 spiro atoms. The van der Waals surface area contributed by atoms with Gasteiger partial charge in [-0.05, 0) is 36.5 Å². The molecule has 2 saturated carbocycles. The molecule has 0 amide bonds. The molecule has 2 rings (SSSR count). The molecule has 2 aliphatic carbocycles. The predicted molar refractivity (Wildman–Crippen MR) is 44.2 cm³/mol. The highest BCUT2D eigenvalue weighted by Crippen LogP contribution is 2.60. The maximum absolute atomic E-state index is 10.7. The number of hydrogen-bond donors (Lipinski definition) is 0. The monoisotopic (exact) mass is 152 g/mol. The predicted octanol–water partition coefficient (Wildman–Crippen LogP) is 2.26. The van der Waals surface area contributed by atoms with Gasteiger partial charge in [0, 0.05) is 5.92 Å². The van der Waals surface area contributed by atoms with Crippen LogP contribution in [0.5, 0.6) is 0 Å². The van der Waals surface area contributed by atoms with E-state index in [0.717, 1.165) is 11.8 Å². The third-order valence-electron chi connectivity index (χ3n) is 4.37. The lowest BCUT2D eigenvalue weighted by Crippen LogP contribution is -2.25. The first-order chi connectivity index (χ1) is 5.18. The van der Waals surface area contributed by atoms with Crippen LogP contribution in [0.25, 0.3) is 0 Å². The van der Waals surface area contributed by atoms with Gasteiger partial charge in [-0.1, -0.05) is 13.8 Å².